The Morgan fingerprint density at radius 3 is 2.48 bits per heavy atom. The van der Waals surface area contributed by atoms with Crippen molar-refractivity contribution in [3.63, 3.8) is 0 Å². The van der Waals surface area contributed by atoms with Crippen LogP contribution in [0.25, 0.3) is 0 Å². The molecule has 0 aromatic heterocycles. The number of benzene rings is 2. The van der Waals surface area contributed by atoms with Gasteiger partial charge in [-0.2, -0.15) is 0 Å². The Kier molecular flexibility index (Phi) is 9.02. The van der Waals surface area contributed by atoms with E-state index in [1.807, 2.05) is 31.2 Å². The molecule has 6 heteroatoms. The first-order chi connectivity index (χ1) is 14.1. The number of ether oxygens (including phenoxy) is 1. The van der Waals surface area contributed by atoms with E-state index in [0.717, 1.165) is 35.8 Å². The molecule has 29 heavy (non-hydrogen) atoms. The van der Waals surface area contributed by atoms with Gasteiger partial charge in [0.25, 0.3) is 5.91 Å². The molecule has 0 aliphatic carbocycles. The first-order valence-corrected chi connectivity index (χ1v) is 10.1. The molecule has 2 aromatic carbocycles. The van der Waals surface area contributed by atoms with E-state index in [0.29, 0.717) is 25.3 Å². The molecule has 0 aliphatic heterocycles. The highest BCUT2D eigenvalue weighted by Crippen LogP contribution is 2.20. The summed E-state index contributed by atoms with van der Waals surface area (Å²) in [4.78, 5) is 16.3. The van der Waals surface area contributed by atoms with E-state index in [9.17, 15) is 4.79 Å². The molecule has 0 spiro atoms. The van der Waals surface area contributed by atoms with Gasteiger partial charge in [-0.1, -0.05) is 31.2 Å². The summed E-state index contributed by atoms with van der Waals surface area (Å²) in [5, 5.41) is 9.27. The fourth-order valence-corrected chi connectivity index (χ4v) is 2.75. The zero-order chi connectivity index (χ0) is 21.1. The zero-order valence-corrected chi connectivity index (χ0v) is 17.8. The summed E-state index contributed by atoms with van der Waals surface area (Å²) in [5.41, 5.74) is 3.96. The van der Waals surface area contributed by atoms with E-state index < -0.39 is 0 Å². The molecular formula is C23H32N4O2. The number of nitrogens with zero attached hydrogens (tertiary/aromatic N) is 1. The lowest BCUT2D eigenvalue weighted by Crippen LogP contribution is -2.36. The van der Waals surface area contributed by atoms with Crippen LogP contribution in [0.5, 0.6) is 5.75 Å². The predicted octanol–water partition coefficient (Wildman–Crippen LogP) is 3.40. The number of carbonyl (C=O) groups is 1. The highest BCUT2D eigenvalue weighted by atomic mass is 16.5. The van der Waals surface area contributed by atoms with Gasteiger partial charge in [-0.25, -0.2) is 4.99 Å². The van der Waals surface area contributed by atoms with E-state index in [1.54, 1.807) is 7.05 Å². The Hall–Kier alpha value is -3.02. The maximum atomic E-state index is 11.6. The minimum absolute atomic E-state index is 0.0887. The second-order valence-corrected chi connectivity index (χ2v) is 6.78. The monoisotopic (exact) mass is 396 g/mol. The molecule has 0 unspecified atom stereocenters. The van der Waals surface area contributed by atoms with Crippen molar-refractivity contribution in [3.8, 4) is 5.75 Å². The third kappa shape index (κ3) is 7.14. The van der Waals surface area contributed by atoms with Crippen LogP contribution in [0.4, 0.5) is 0 Å². The van der Waals surface area contributed by atoms with Gasteiger partial charge in [0.15, 0.2) is 5.96 Å². The van der Waals surface area contributed by atoms with Crippen molar-refractivity contribution in [2.45, 2.75) is 40.3 Å². The highest BCUT2D eigenvalue weighted by molar-refractivity contribution is 5.93. The Morgan fingerprint density at radius 2 is 1.83 bits per heavy atom. The SMILES string of the molecule is CCCOc1cc(C)ccc1CNC(=NCc1ccc(C(=O)NC)cc1)NCC. The van der Waals surface area contributed by atoms with Crippen LogP contribution >= 0.6 is 0 Å². The van der Waals surface area contributed by atoms with Gasteiger partial charge in [0.2, 0.25) is 0 Å². The third-order valence-electron chi connectivity index (χ3n) is 4.34. The molecule has 0 aliphatic rings. The van der Waals surface area contributed by atoms with Gasteiger partial charge < -0.3 is 20.7 Å². The number of carbonyl (C=O) groups excluding carboxylic acids is 1. The lowest BCUT2D eigenvalue weighted by Gasteiger charge is -2.15. The zero-order valence-electron chi connectivity index (χ0n) is 17.8. The average molecular weight is 397 g/mol. The molecule has 0 radical (unpaired) electrons. The van der Waals surface area contributed by atoms with Crippen molar-refractivity contribution in [1.82, 2.24) is 16.0 Å². The van der Waals surface area contributed by atoms with Gasteiger partial charge >= 0.3 is 0 Å². The van der Waals surface area contributed by atoms with Crippen molar-refractivity contribution < 1.29 is 9.53 Å². The standard InChI is InChI=1S/C23H32N4O2/c1-5-13-29-21-14-17(3)7-10-20(21)16-27-23(25-6-2)26-15-18-8-11-19(12-9-18)22(28)24-4/h7-12,14H,5-6,13,15-16H2,1-4H3,(H,24,28)(H2,25,26,27). The molecule has 0 bridgehead atoms. The summed E-state index contributed by atoms with van der Waals surface area (Å²) in [6, 6.07) is 13.7. The van der Waals surface area contributed by atoms with Gasteiger partial charge in [0.05, 0.1) is 13.2 Å². The maximum absolute atomic E-state index is 11.6. The van der Waals surface area contributed by atoms with Gasteiger partial charge in [-0.05, 0) is 49.6 Å². The van der Waals surface area contributed by atoms with Crippen molar-refractivity contribution in [2.24, 2.45) is 4.99 Å². The van der Waals surface area contributed by atoms with Gasteiger partial charge in [-0.3, -0.25) is 4.79 Å². The Morgan fingerprint density at radius 1 is 1.07 bits per heavy atom. The number of guanidine groups is 1. The number of nitrogens with one attached hydrogen (secondary N) is 3. The van der Waals surface area contributed by atoms with Crippen LogP contribution in [-0.4, -0.2) is 32.1 Å². The molecule has 0 saturated carbocycles. The van der Waals surface area contributed by atoms with Crippen LogP contribution in [0, 0.1) is 6.92 Å². The van der Waals surface area contributed by atoms with E-state index in [4.69, 9.17) is 4.74 Å². The summed E-state index contributed by atoms with van der Waals surface area (Å²) in [5.74, 6) is 1.57. The molecule has 0 fully saturated rings. The van der Waals surface area contributed by atoms with Crippen LogP contribution in [0.1, 0.15) is 47.3 Å². The van der Waals surface area contributed by atoms with Crippen LogP contribution < -0.4 is 20.7 Å². The minimum atomic E-state index is -0.0887. The number of hydrogen-bond donors (Lipinski definition) is 3. The number of aryl methyl sites for hydroxylation is 1. The Labute approximate surface area is 173 Å². The summed E-state index contributed by atoms with van der Waals surface area (Å²) >= 11 is 0. The summed E-state index contributed by atoms with van der Waals surface area (Å²) < 4.78 is 5.90. The second kappa shape index (κ2) is 11.7. The van der Waals surface area contributed by atoms with E-state index in [2.05, 4.69) is 53.0 Å². The van der Waals surface area contributed by atoms with E-state index >= 15 is 0 Å². The fraction of sp³-hybridized carbons (Fsp3) is 0.391. The van der Waals surface area contributed by atoms with Crippen molar-refractivity contribution in [2.75, 3.05) is 20.2 Å². The molecule has 3 N–H and O–H groups in total. The quantitative estimate of drug-likeness (QED) is 0.449. The molecule has 0 heterocycles. The molecule has 2 aromatic rings. The van der Waals surface area contributed by atoms with E-state index in [-0.39, 0.29) is 5.91 Å². The third-order valence-corrected chi connectivity index (χ3v) is 4.34. The molecule has 0 atom stereocenters. The molecule has 6 nitrogen and oxygen atoms in total. The molecule has 156 valence electrons. The number of amides is 1. The topological polar surface area (TPSA) is 74.8 Å². The Balaban J connectivity index is 2.03. The van der Waals surface area contributed by atoms with E-state index in [1.165, 1.54) is 5.56 Å². The summed E-state index contributed by atoms with van der Waals surface area (Å²) in [7, 11) is 1.63. The predicted molar refractivity (Wildman–Crippen MR) is 118 cm³/mol. The number of hydrogen-bond acceptors (Lipinski definition) is 3. The molecule has 0 saturated heterocycles. The summed E-state index contributed by atoms with van der Waals surface area (Å²) in [6.45, 7) is 8.83. The van der Waals surface area contributed by atoms with Crippen LogP contribution in [0.15, 0.2) is 47.5 Å². The highest BCUT2D eigenvalue weighted by Gasteiger charge is 2.06. The lowest BCUT2D eigenvalue weighted by molar-refractivity contribution is 0.0963. The number of rotatable bonds is 9. The van der Waals surface area contributed by atoms with Gasteiger partial charge in [0, 0.05) is 31.3 Å². The van der Waals surface area contributed by atoms with Crippen LogP contribution in [-0.2, 0) is 13.1 Å². The van der Waals surface area contributed by atoms with Gasteiger partial charge in [0.1, 0.15) is 5.75 Å². The van der Waals surface area contributed by atoms with Crippen molar-refractivity contribution >= 4 is 11.9 Å². The first-order valence-electron chi connectivity index (χ1n) is 10.1. The minimum Gasteiger partial charge on any atom is -0.493 e. The molecular weight excluding hydrogens is 364 g/mol. The van der Waals surface area contributed by atoms with Crippen LogP contribution in [0.3, 0.4) is 0 Å². The molecule has 1 amide bonds. The Bertz CT molecular complexity index is 816. The van der Waals surface area contributed by atoms with Crippen molar-refractivity contribution in [3.05, 3.63) is 64.7 Å². The van der Waals surface area contributed by atoms with Gasteiger partial charge in [-0.15, -0.1) is 0 Å². The normalized spacial score (nSPS) is 11.1. The lowest BCUT2D eigenvalue weighted by atomic mass is 10.1. The maximum Gasteiger partial charge on any atom is 0.251 e. The second-order valence-electron chi connectivity index (χ2n) is 6.78. The van der Waals surface area contributed by atoms with Crippen molar-refractivity contribution in [1.29, 1.82) is 0 Å². The number of aliphatic imine (C=N–C) groups is 1. The average Bonchev–Trinajstić information content (AvgIpc) is 2.74. The molecule has 2 rings (SSSR count). The fourth-order valence-electron chi connectivity index (χ4n) is 2.75. The summed E-state index contributed by atoms with van der Waals surface area (Å²) in [6.07, 6.45) is 0.976. The smallest absolute Gasteiger partial charge is 0.251 e. The first kappa shape index (κ1) is 22.3. The van der Waals surface area contributed by atoms with Crippen LogP contribution in [0.2, 0.25) is 0 Å². The largest absolute Gasteiger partial charge is 0.493 e.